The first-order valence-corrected chi connectivity index (χ1v) is 18.4. The average Bonchev–Trinajstić information content (AvgIpc) is 3.82. The van der Waals surface area contributed by atoms with E-state index in [0.717, 1.165) is 25.7 Å². The number of aliphatic imine (C=N–C) groups is 1. The molecule has 0 bridgehead atoms. The van der Waals surface area contributed by atoms with Gasteiger partial charge in [0.25, 0.3) is 11.8 Å². The molecule has 3 aliphatic carbocycles. The minimum absolute atomic E-state index is 0.0379. The van der Waals surface area contributed by atoms with Crippen LogP contribution in [-0.4, -0.2) is 83.2 Å². The highest BCUT2D eigenvalue weighted by molar-refractivity contribution is 7.92. The van der Waals surface area contributed by atoms with Gasteiger partial charge >= 0.3 is 6.03 Å². The van der Waals surface area contributed by atoms with Gasteiger partial charge in [-0.05, 0) is 70.6 Å². The minimum Gasteiger partial charge on any atom is -0.363 e. The van der Waals surface area contributed by atoms with E-state index in [1.165, 1.54) is 4.90 Å². The number of amides is 5. The fourth-order valence-corrected chi connectivity index (χ4v) is 9.06. The number of rotatable bonds is 10. The van der Waals surface area contributed by atoms with E-state index in [4.69, 9.17) is 5.73 Å². The molecule has 12 nitrogen and oxygen atoms in total. The lowest BCUT2D eigenvalue weighted by Gasteiger charge is -2.41. The molecule has 1 aliphatic heterocycles. The highest BCUT2D eigenvalue weighted by Crippen LogP contribution is 2.66. The van der Waals surface area contributed by atoms with Crippen LogP contribution in [0.1, 0.15) is 113 Å². The van der Waals surface area contributed by atoms with Crippen molar-refractivity contribution in [3.63, 3.8) is 0 Å². The van der Waals surface area contributed by atoms with Crippen LogP contribution in [0.2, 0.25) is 0 Å². The Bertz CT molecular complexity index is 1400. The van der Waals surface area contributed by atoms with Crippen molar-refractivity contribution in [2.45, 2.75) is 135 Å². The molecule has 0 spiro atoms. The van der Waals surface area contributed by atoms with Gasteiger partial charge in [-0.25, -0.2) is 18.2 Å². The van der Waals surface area contributed by atoms with Gasteiger partial charge in [0.1, 0.15) is 12.1 Å². The van der Waals surface area contributed by atoms with E-state index in [0.29, 0.717) is 50.8 Å². The monoisotopic (exact) mass is 663 g/mol. The highest BCUT2D eigenvalue weighted by Gasteiger charge is 2.69. The molecule has 4 rings (SSSR count). The molecule has 1 saturated heterocycles. The first kappa shape index (κ1) is 36.0. The Balaban J connectivity index is 1.48. The smallest absolute Gasteiger partial charge is 0.315 e. The molecule has 4 N–H and O–H groups in total. The van der Waals surface area contributed by atoms with Gasteiger partial charge in [0.2, 0.25) is 11.7 Å². The molecule has 0 aromatic heterocycles. The number of carbonyl (C=O) groups excluding carboxylic acids is 5. The Morgan fingerprint density at radius 3 is 2.17 bits per heavy atom. The maximum atomic E-state index is 14.0. The molecular weight excluding hydrogens is 610 g/mol. The van der Waals surface area contributed by atoms with Gasteiger partial charge in [0.15, 0.2) is 9.84 Å². The number of sulfone groups is 1. The number of ketones is 1. The number of nitrogens with two attached hydrogens (primary N) is 1. The third kappa shape index (κ3) is 7.18. The minimum atomic E-state index is -3.54. The van der Waals surface area contributed by atoms with Gasteiger partial charge < -0.3 is 21.3 Å². The third-order valence-electron chi connectivity index (χ3n) is 10.6. The fourth-order valence-electron chi connectivity index (χ4n) is 7.54. The van der Waals surface area contributed by atoms with E-state index in [-0.39, 0.29) is 17.6 Å². The predicted octanol–water partition coefficient (Wildman–Crippen LogP) is 3.07. The zero-order chi connectivity index (χ0) is 34.5. The maximum absolute atomic E-state index is 14.0. The van der Waals surface area contributed by atoms with Gasteiger partial charge in [-0.2, -0.15) is 0 Å². The zero-order valence-corrected chi connectivity index (χ0v) is 29.3. The van der Waals surface area contributed by atoms with Crippen LogP contribution < -0.4 is 16.4 Å². The Morgan fingerprint density at radius 1 is 1.02 bits per heavy atom. The zero-order valence-electron chi connectivity index (χ0n) is 28.5. The number of carbonyl (C=O) groups is 5. The first-order chi connectivity index (χ1) is 21.2. The number of primary amides is 1. The second-order valence-electron chi connectivity index (χ2n) is 16.0. The standard InChI is InChI=1S/C33H53N5O7S/c1-8-20-18-33(20,25(39)26(34)40)21-17-22(21)35-27(41)23-13-12-16-38(23)28(42)24(30(2,3)4)36-29(43)37-32(14-10-9-11-15-32)19-46(44,45)31(5,6)7/h20-21,23-24H,8-19H2,1-7H3,(H2,34,40)(H2,36,37,43)/t20-,21?,23-,24+,33?/m0/s1. The summed E-state index contributed by atoms with van der Waals surface area (Å²) < 4.78 is 25.4. The van der Waals surface area contributed by atoms with Gasteiger partial charge in [-0.15, -0.1) is 0 Å². The van der Waals surface area contributed by atoms with Crippen molar-refractivity contribution in [3.05, 3.63) is 0 Å². The van der Waals surface area contributed by atoms with Crippen LogP contribution in [-0.2, 0) is 29.0 Å². The van der Waals surface area contributed by atoms with Crippen LogP contribution in [0.4, 0.5) is 4.79 Å². The van der Waals surface area contributed by atoms with Crippen molar-refractivity contribution in [3.8, 4) is 0 Å². The number of nitrogens with one attached hydrogen (secondary N) is 2. The Labute approximate surface area is 273 Å². The fraction of sp³-hybridized carbons (Fsp3) is 0.818. The first-order valence-electron chi connectivity index (χ1n) is 16.8. The van der Waals surface area contributed by atoms with Crippen LogP contribution in [0.15, 0.2) is 4.99 Å². The molecule has 46 heavy (non-hydrogen) atoms. The van der Waals surface area contributed by atoms with Crippen LogP contribution in [0.3, 0.4) is 0 Å². The van der Waals surface area contributed by atoms with E-state index < -0.39 is 72.6 Å². The summed E-state index contributed by atoms with van der Waals surface area (Å²) in [5.74, 6) is -2.85. The van der Waals surface area contributed by atoms with Gasteiger partial charge in [-0.1, -0.05) is 53.4 Å². The molecule has 5 amide bonds. The SMILES string of the molecule is CC[C@H]1CC1(C(=O)C(N)=O)C1CC1=NC(=O)[C@@H]1CCCN1C(=O)[C@@H](NC(=O)NC1(CS(=O)(=O)C(C)(C)C)CCCCC1)C(C)(C)C. The number of hydrogen-bond acceptors (Lipinski definition) is 7. The summed E-state index contributed by atoms with van der Waals surface area (Å²) in [7, 11) is -3.54. The number of likely N-dealkylation sites (tertiary alicyclic amines) is 1. The highest BCUT2D eigenvalue weighted by atomic mass is 32.2. The van der Waals surface area contributed by atoms with Crippen molar-refractivity contribution < 1.29 is 32.4 Å². The van der Waals surface area contributed by atoms with Crippen LogP contribution in [0.5, 0.6) is 0 Å². The molecule has 0 aromatic rings. The number of hydrogen-bond donors (Lipinski definition) is 3. The summed E-state index contributed by atoms with van der Waals surface area (Å²) in [6.45, 7) is 12.7. The summed E-state index contributed by atoms with van der Waals surface area (Å²) in [6.07, 6.45) is 6.34. The van der Waals surface area contributed by atoms with E-state index in [2.05, 4.69) is 15.6 Å². The summed E-state index contributed by atoms with van der Waals surface area (Å²) in [6, 6.07) is -2.40. The summed E-state index contributed by atoms with van der Waals surface area (Å²) in [5, 5.41) is 5.83. The lowest BCUT2D eigenvalue weighted by Crippen LogP contribution is -2.63. The van der Waals surface area contributed by atoms with E-state index in [1.54, 1.807) is 20.8 Å². The maximum Gasteiger partial charge on any atom is 0.315 e. The molecule has 13 heteroatoms. The molecule has 258 valence electrons. The van der Waals surface area contributed by atoms with E-state index >= 15 is 0 Å². The van der Waals surface area contributed by atoms with Gasteiger partial charge in [0.05, 0.1) is 21.5 Å². The van der Waals surface area contributed by atoms with Crippen LogP contribution in [0.25, 0.3) is 0 Å². The molecular formula is C33H53N5O7S. The van der Waals surface area contributed by atoms with Crippen molar-refractivity contribution in [2.24, 2.45) is 33.4 Å². The van der Waals surface area contributed by atoms with Gasteiger partial charge in [0, 0.05) is 18.2 Å². The predicted molar refractivity (Wildman–Crippen MR) is 175 cm³/mol. The number of nitrogens with zero attached hydrogens (tertiary/aromatic N) is 2. The largest absolute Gasteiger partial charge is 0.363 e. The number of Topliss-reactive ketones (excluding diaryl/α,β-unsaturated/α-hetero) is 1. The second kappa shape index (κ2) is 12.6. The van der Waals surface area contributed by atoms with E-state index in [1.807, 2.05) is 27.7 Å². The normalized spacial score (nSPS) is 29.2. The lowest BCUT2D eigenvalue weighted by molar-refractivity contribution is -0.140. The lowest BCUT2D eigenvalue weighted by atomic mass is 9.83. The molecule has 2 unspecified atom stereocenters. The van der Waals surface area contributed by atoms with E-state index in [9.17, 15) is 32.4 Å². The quantitative estimate of drug-likeness (QED) is 0.300. The molecule has 0 radical (unpaired) electrons. The summed E-state index contributed by atoms with van der Waals surface area (Å²) >= 11 is 0. The Kier molecular flexibility index (Phi) is 9.90. The Hall–Kier alpha value is -2.83. The number of urea groups is 1. The molecule has 4 fully saturated rings. The second-order valence-corrected chi connectivity index (χ2v) is 18.8. The van der Waals surface area contributed by atoms with Gasteiger partial charge in [-0.3, -0.25) is 19.2 Å². The molecule has 0 aromatic carbocycles. The topological polar surface area (TPSA) is 185 Å². The molecule has 5 atom stereocenters. The van der Waals surface area contributed by atoms with Crippen LogP contribution >= 0.6 is 0 Å². The Morgan fingerprint density at radius 2 is 1.65 bits per heavy atom. The van der Waals surface area contributed by atoms with Crippen molar-refractivity contribution >= 4 is 45.1 Å². The van der Waals surface area contributed by atoms with Crippen molar-refractivity contribution in [2.75, 3.05) is 12.3 Å². The summed E-state index contributed by atoms with van der Waals surface area (Å²) in [4.78, 5) is 71.3. The molecule has 4 aliphatic rings. The molecule has 3 saturated carbocycles. The van der Waals surface area contributed by atoms with Crippen molar-refractivity contribution in [1.82, 2.24) is 15.5 Å². The average molecular weight is 664 g/mol. The van der Waals surface area contributed by atoms with Crippen molar-refractivity contribution in [1.29, 1.82) is 0 Å². The third-order valence-corrected chi connectivity index (χ3v) is 13.4. The summed E-state index contributed by atoms with van der Waals surface area (Å²) in [5.41, 5.74) is 3.40. The molecule has 1 heterocycles. The van der Waals surface area contributed by atoms with Crippen LogP contribution in [0, 0.1) is 22.7 Å².